The number of carbonyl (C=O) groups excluding carboxylic acids is 1. The first-order chi connectivity index (χ1) is 9.54. The number of benzene rings is 1. The molecule has 0 bridgehead atoms. The van der Waals surface area contributed by atoms with Crippen molar-refractivity contribution in [2.24, 2.45) is 10.9 Å². The minimum atomic E-state index is -0.425. The van der Waals surface area contributed by atoms with Crippen LogP contribution >= 0.6 is 0 Å². The van der Waals surface area contributed by atoms with E-state index in [-0.39, 0.29) is 17.3 Å². The number of hydrogen-bond acceptors (Lipinski definition) is 3. The van der Waals surface area contributed by atoms with Crippen LogP contribution in [0, 0.1) is 12.7 Å². The molecule has 1 aliphatic rings. The van der Waals surface area contributed by atoms with Crippen LogP contribution in [0.2, 0.25) is 0 Å². The van der Waals surface area contributed by atoms with Gasteiger partial charge in [0.05, 0.1) is 6.04 Å². The second-order valence-electron chi connectivity index (χ2n) is 5.00. The van der Waals surface area contributed by atoms with Gasteiger partial charge < -0.3 is 15.8 Å². The van der Waals surface area contributed by atoms with Crippen molar-refractivity contribution in [3.8, 4) is 0 Å². The van der Waals surface area contributed by atoms with E-state index in [1.165, 1.54) is 6.07 Å². The smallest absolute Gasteiger partial charge is 0.254 e. The van der Waals surface area contributed by atoms with Gasteiger partial charge in [0, 0.05) is 12.1 Å². The van der Waals surface area contributed by atoms with Gasteiger partial charge in [-0.25, -0.2) is 4.39 Å². The Labute approximate surface area is 116 Å². The van der Waals surface area contributed by atoms with Crippen molar-refractivity contribution < 1.29 is 14.4 Å². The summed E-state index contributed by atoms with van der Waals surface area (Å²) in [4.78, 5) is 14.0. The normalized spacial score (nSPS) is 20.0. The third kappa shape index (κ3) is 2.74. The quantitative estimate of drug-likeness (QED) is 0.375. The number of hydrogen-bond donors (Lipinski definition) is 2. The molecule has 1 aromatic carbocycles. The third-order valence-electron chi connectivity index (χ3n) is 3.64. The summed E-state index contributed by atoms with van der Waals surface area (Å²) in [6, 6.07) is 3.98. The van der Waals surface area contributed by atoms with Crippen molar-refractivity contribution in [1.29, 1.82) is 0 Å². The van der Waals surface area contributed by atoms with Gasteiger partial charge in [0.25, 0.3) is 5.91 Å². The van der Waals surface area contributed by atoms with Crippen LogP contribution in [-0.2, 0) is 0 Å². The average Bonchev–Trinajstić information content (AvgIpc) is 2.48. The van der Waals surface area contributed by atoms with E-state index >= 15 is 0 Å². The average molecular weight is 279 g/mol. The molecule has 108 valence electrons. The fraction of sp³-hybridized carbons (Fsp3) is 0.429. The summed E-state index contributed by atoms with van der Waals surface area (Å²) in [5, 5.41) is 11.8. The molecule has 1 heterocycles. The molecule has 0 aliphatic carbocycles. The van der Waals surface area contributed by atoms with Crippen LogP contribution in [0.4, 0.5) is 4.39 Å². The highest BCUT2D eigenvalue weighted by Gasteiger charge is 2.30. The molecular formula is C14H18FN3O2. The van der Waals surface area contributed by atoms with Crippen molar-refractivity contribution in [3.63, 3.8) is 0 Å². The Balaban J connectivity index is 2.27. The van der Waals surface area contributed by atoms with Crippen molar-refractivity contribution in [2.45, 2.75) is 32.2 Å². The van der Waals surface area contributed by atoms with Crippen LogP contribution in [0.25, 0.3) is 0 Å². The number of likely N-dealkylation sites (tertiary alicyclic amines) is 1. The largest absolute Gasteiger partial charge is 0.409 e. The number of amidine groups is 1. The van der Waals surface area contributed by atoms with Crippen LogP contribution in [0.5, 0.6) is 0 Å². The number of piperidine rings is 1. The Hall–Kier alpha value is -2.11. The Morgan fingerprint density at radius 1 is 1.50 bits per heavy atom. The molecule has 2 rings (SSSR count). The number of aryl methyl sites for hydroxylation is 1. The molecular weight excluding hydrogens is 261 g/mol. The van der Waals surface area contributed by atoms with Crippen molar-refractivity contribution in [2.75, 3.05) is 6.54 Å². The van der Waals surface area contributed by atoms with E-state index in [0.29, 0.717) is 18.5 Å². The molecule has 0 radical (unpaired) electrons. The number of oxime groups is 1. The highest BCUT2D eigenvalue weighted by atomic mass is 19.1. The van der Waals surface area contributed by atoms with Gasteiger partial charge in [-0.05, 0) is 43.9 Å². The molecule has 0 aromatic heterocycles. The molecule has 5 nitrogen and oxygen atoms in total. The highest BCUT2D eigenvalue weighted by molar-refractivity contribution is 5.98. The molecule has 1 unspecified atom stereocenters. The van der Waals surface area contributed by atoms with Gasteiger partial charge in [0.1, 0.15) is 5.82 Å². The lowest BCUT2D eigenvalue weighted by Gasteiger charge is -2.34. The SMILES string of the molecule is Cc1ccc(C(=O)N2CCCCC2C(N)=NO)cc1F. The van der Waals surface area contributed by atoms with Crippen molar-refractivity contribution >= 4 is 11.7 Å². The lowest BCUT2D eigenvalue weighted by molar-refractivity contribution is 0.0676. The van der Waals surface area contributed by atoms with E-state index in [9.17, 15) is 9.18 Å². The Bertz CT molecular complexity index is 545. The van der Waals surface area contributed by atoms with Crippen LogP contribution in [0.3, 0.4) is 0 Å². The topological polar surface area (TPSA) is 78.9 Å². The van der Waals surface area contributed by atoms with Crippen LogP contribution in [0.15, 0.2) is 23.4 Å². The molecule has 1 fully saturated rings. The maximum Gasteiger partial charge on any atom is 0.254 e. The minimum Gasteiger partial charge on any atom is -0.409 e. The van der Waals surface area contributed by atoms with Crippen molar-refractivity contribution in [1.82, 2.24) is 4.90 Å². The Morgan fingerprint density at radius 2 is 2.25 bits per heavy atom. The predicted octanol–water partition coefficient (Wildman–Crippen LogP) is 1.88. The molecule has 0 saturated carbocycles. The number of nitrogens with two attached hydrogens (primary N) is 1. The fourth-order valence-corrected chi connectivity index (χ4v) is 2.44. The monoisotopic (exact) mass is 279 g/mol. The molecule has 1 atom stereocenters. The first-order valence-corrected chi connectivity index (χ1v) is 6.59. The second kappa shape index (κ2) is 5.90. The molecule has 3 N–H and O–H groups in total. The Kier molecular flexibility index (Phi) is 4.22. The van der Waals surface area contributed by atoms with Crippen LogP contribution < -0.4 is 5.73 Å². The maximum absolute atomic E-state index is 13.6. The third-order valence-corrected chi connectivity index (χ3v) is 3.64. The standard InChI is InChI=1S/C14H18FN3O2/c1-9-5-6-10(8-11(9)15)14(19)18-7-3-2-4-12(18)13(16)17-20/h5-6,8,12,20H,2-4,7H2,1H3,(H2,16,17). The molecule has 1 aromatic rings. The van der Waals surface area contributed by atoms with Gasteiger partial charge in [-0.2, -0.15) is 0 Å². The summed E-state index contributed by atoms with van der Waals surface area (Å²) in [5.74, 6) is -0.681. The van der Waals surface area contributed by atoms with Crippen LogP contribution in [-0.4, -0.2) is 34.4 Å². The number of carbonyl (C=O) groups is 1. The summed E-state index contributed by atoms with van der Waals surface area (Å²) >= 11 is 0. The Morgan fingerprint density at radius 3 is 2.90 bits per heavy atom. The summed E-state index contributed by atoms with van der Waals surface area (Å²) in [7, 11) is 0. The van der Waals surface area contributed by atoms with Crippen molar-refractivity contribution in [3.05, 3.63) is 35.1 Å². The van der Waals surface area contributed by atoms with Gasteiger partial charge in [0.15, 0.2) is 5.84 Å². The molecule has 20 heavy (non-hydrogen) atoms. The predicted molar refractivity (Wildman–Crippen MR) is 73.2 cm³/mol. The van der Waals surface area contributed by atoms with Gasteiger partial charge in [-0.3, -0.25) is 4.79 Å². The minimum absolute atomic E-state index is 0.0191. The summed E-state index contributed by atoms with van der Waals surface area (Å²) in [5.41, 5.74) is 6.42. The summed E-state index contributed by atoms with van der Waals surface area (Å²) in [6.07, 6.45) is 2.41. The maximum atomic E-state index is 13.6. The molecule has 0 spiro atoms. The van der Waals surface area contributed by atoms with Gasteiger partial charge in [-0.1, -0.05) is 11.2 Å². The van der Waals surface area contributed by atoms with E-state index in [4.69, 9.17) is 10.9 Å². The lowest BCUT2D eigenvalue weighted by Crippen LogP contribution is -2.50. The second-order valence-corrected chi connectivity index (χ2v) is 5.00. The summed E-state index contributed by atoms with van der Waals surface area (Å²) < 4.78 is 13.6. The number of rotatable bonds is 2. The summed E-state index contributed by atoms with van der Waals surface area (Å²) in [6.45, 7) is 2.17. The van der Waals surface area contributed by atoms with Crippen LogP contribution in [0.1, 0.15) is 35.2 Å². The number of amides is 1. The molecule has 1 saturated heterocycles. The first-order valence-electron chi connectivity index (χ1n) is 6.59. The van der Waals surface area contributed by atoms with E-state index in [1.807, 2.05) is 0 Å². The zero-order valence-electron chi connectivity index (χ0n) is 11.3. The first kappa shape index (κ1) is 14.3. The molecule has 1 amide bonds. The van der Waals surface area contributed by atoms with E-state index in [2.05, 4.69) is 5.16 Å². The zero-order chi connectivity index (χ0) is 14.7. The van der Waals surface area contributed by atoms with Gasteiger partial charge in [-0.15, -0.1) is 0 Å². The highest BCUT2D eigenvalue weighted by Crippen LogP contribution is 2.21. The van der Waals surface area contributed by atoms with Gasteiger partial charge >= 0.3 is 0 Å². The van der Waals surface area contributed by atoms with E-state index in [0.717, 1.165) is 12.8 Å². The zero-order valence-corrected chi connectivity index (χ0v) is 11.3. The molecule has 1 aliphatic heterocycles. The number of nitrogens with zero attached hydrogens (tertiary/aromatic N) is 2. The van der Waals surface area contributed by atoms with E-state index < -0.39 is 11.9 Å². The number of halogens is 1. The fourth-order valence-electron chi connectivity index (χ4n) is 2.44. The molecule has 6 heteroatoms. The lowest BCUT2D eigenvalue weighted by atomic mass is 9.99. The van der Waals surface area contributed by atoms with Gasteiger partial charge in [0.2, 0.25) is 0 Å². The van der Waals surface area contributed by atoms with E-state index in [1.54, 1.807) is 24.0 Å².